The van der Waals surface area contributed by atoms with E-state index in [0.717, 1.165) is 17.0 Å². The molecule has 0 bridgehead atoms. The Hall–Kier alpha value is -2.20. The Kier molecular flexibility index (Phi) is 4.20. The van der Waals surface area contributed by atoms with E-state index in [9.17, 15) is 4.79 Å². The number of anilines is 1. The molecule has 2 aromatic rings. The third kappa shape index (κ3) is 2.74. The van der Waals surface area contributed by atoms with Crippen LogP contribution in [0, 0.1) is 0 Å². The molecule has 1 amide bonds. The molecule has 0 aliphatic carbocycles. The van der Waals surface area contributed by atoms with Gasteiger partial charge in [0.05, 0.1) is 18.5 Å². The zero-order chi connectivity index (χ0) is 15.5. The molecule has 5 heteroatoms. The van der Waals surface area contributed by atoms with Gasteiger partial charge in [-0.25, -0.2) is 4.79 Å². The minimum absolute atomic E-state index is 0.245. The fraction of sp³-hybridized carbons (Fsp3) is 0.235. The molecule has 0 aromatic heterocycles. The summed E-state index contributed by atoms with van der Waals surface area (Å²) in [6, 6.07) is 16.7. The third-order valence-electron chi connectivity index (χ3n) is 3.71. The Morgan fingerprint density at radius 2 is 1.86 bits per heavy atom. The van der Waals surface area contributed by atoms with Crippen molar-refractivity contribution in [2.75, 3.05) is 18.6 Å². The van der Waals surface area contributed by atoms with Crippen LogP contribution in [0.2, 0.25) is 0 Å². The SMILES string of the molecule is COc1ccc(N2C(=O)OC[C@@H]2[C@@H](Cl)c2ccccc2)cc1. The summed E-state index contributed by atoms with van der Waals surface area (Å²) in [5.41, 5.74) is 1.71. The molecule has 0 N–H and O–H groups in total. The zero-order valence-corrected chi connectivity index (χ0v) is 12.9. The van der Waals surface area contributed by atoms with Gasteiger partial charge in [0.25, 0.3) is 0 Å². The second kappa shape index (κ2) is 6.28. The number of benzene rings is 2. The maximum Gasteiger partial charge on any atom is 0.414 e. The summed E-state index contributed by atoms with van der Waals surface area (Å²) in [5, 5.41) is -0.338. The Morgan fingerprint density at radius 1 is 1.18 bits per heavy atom. The van der Waals surface area contributed by atoms with Crippen LogP contribution in [-0.4, -0.2) is 25.9 Å². The lowest BCUT2D eigenvalue weighted by atomic mass is 10.0. The van der Waals surface area contributed by atoms with Gasteiger partial charge in [-0.2, -0.15) is 0 Å². The summed E-state index contributed by atoms with van der Waals surface area (Å²) in [5.74, 6) is 0.735. The predicted octanol–water partition coefficient (Wildman–Crippen LogP) is 4.00. The first-order chi connectivity index (χ1) is 10.7. The molecule has 1 saturated heterocycles. The van der Waals surface area contributed by atoms with Crippen molar-refractivity contribution in [2.24, 2.45) is 0 Å². The monoisotopic (exact) mass is 317 g/mol. The van der Waals surface area contributed by atoms with Gasteiger partial charge >= 0.3 is 6.09 Å². The van der Waals surface area contributed by atoms with Crippen molar-refractivity contribution >= 4 is 23.4 Å². The third-order valence-corrected chi connectivity index (χ3v) is 4.26. The molecule has 2 aromatic carbocycles. The molecular weight excluding hydrogens is 302 g/mol. The fourth-order valence-electron chi connectivity index (χ4n) is 2.55. The van der Waals surface area contributed by atoms with Crippen LogP contribution in [0.4, 0.5) is 10.5 Å². The van der Waals surface area contributed by atoms with Gasteiger partial charge in [-0.1, -0.05) is 30.3 Å². The van der Waals surface area contributed by atoms with Gasteiger partial charge in [0.2, 0.25) is 0 Å². The van der Waals surface area contributed by atoms with Crippen LogP contribution in [0.1, 0.15) is 10.9 Å². The van der Waals surface area contributed by atoms with Gasteiger partial charge in [0.15, 0.2) is 0 Å². The predicted molar refractivity (Wildman–Crippen MR) is 85.6 cm³/mol. The van der Waals surface area contributed by atoms with Crippen molar-refractivity contribution in [1.82, 2.24) is 0 Å². The Morgan fingerprint density at radius 3 is 2.50 bits per heavy atom. The second-order valence-corrected chi connectivity index (χ2v) is 5.49. The first kappa shape index (κ1) is 14.7. The van der Waals surface area contributed by atoms with E-state index < -0.39 is 0 Å². The number of hydrogen-bond donors (Lipinski definition) is 0. The van der Waals surface area contributed by atoms with E-state index in [0.29, 0.717) is 0 Å². The summed E-state index contributed by atoms with van der Waals surface area (Å²) in [6.45, 7) is 0.272. The van der Waals surface area contributed by atoms with E-state index in [4.69, 9.17) is 21.1 Å². The van der Waals surface area contributed by atoms with Gasteiger partial charge < -0.3 is 9.47 Å². The smallest absolute Gasteiger partial charge is 0.414 e. The van der Waals surface area contributed by atoms with E-state index in [1.165, 1.54) is 0 Å². The number of methoxy groups -OCH3 is 1. The van der Waals surface area contributed by atoms with Crippen LogP contribution >= 0.6 is 11.6 Å². The number of alkyl halides is 1. The molecule has 22 heavy (non-hydrogen) atoms. The summed E-state index contributed by atoms with van der Waals surface area (Å²) < 4.78 is 10.3. The maximum absolute atomic E-state index is 12.1. The number of carbonyl (C=O) groups is 1. The standard InChI is InChI=1S/C17H16ClNO3/c1-21-14-9-7-13(8-10-14)19-15(11-22-17(19)20)16(18)12-5-3-2-4-6-12/h2-10,15-16H,11H2,1H3/t15-,16+/m1/s1. The molecule has 2 atom stereocenters. The highest BCUT2D eigenvalue weighted by Gasteiger charge is 2.39. The van der Waals surface area contributed by atoms with Crippen LogP contribution in [-0.2, 0) is 4.74 Å². The molecule has 0 unspecified atom stereocenters. The van der Waals surface area contributed by atoms with Gasteiger partial charge in [0.1, 0.15) is 12.4 Å². The molecule has 1 heterocycles. The van der Waals surface area contributed by atoms with Crippen molar-refractivity contribution in [3.63, 3.8) is 0 Å². The van der Waals surface area contributed by atoms with Crippen molar-refractivity contribution < 1.29 is 14.3 Å². The highest BCUT2D eigenvalue weighted by molar-refractivity contribution is 6.22. The topological polar surface area (TPSA) is 38.8 Å². The first-order valence-electron chi connectivity index (χ1n) is 7.00. The largest absolute Gasteiger partial charge is 0.497 e. The molecule has 0 saturated carbocycles. The number of ether oxygens (including phenoxy) is 2. The summed E-state index contributed by atoms with van der Waals surface area (Å²) >= 11 is 6.58. The quantitative estimate of drug-likeness (QED) is 0.800. The number of carbonyl (C=O) groups excluding carboxylic acids is 1. The second-order valence-electron chi connectivity index (χ2n) is 5.02. The Balaban J connectivity index is 1.88. The number of halogens is 1. The Labute approximate surface area is 134 Å². The minimum Gasteiger partial charge on any atom is -0.497 e. The lowest BCUT2D eigenvalue weighted by Gasteiger charge is -2.25. The van der Waals surface area contributed by atoms with Crippen LogP contribution < -0.4 is 9.64 Å². The molecule has 1 fully saturated rings. The van der Waals surface area contributed by atoms with Gasteiger partial charge in [-0.05, 0) is 29.8 Å². The van der Waals surface area contributed by atoms with Crippen LogP contribution in [0.5, 0.6) is 5.75 Å². The summed E-state index contributed by atoms with van der Waals surface area (Å²) in [6.07, 6.45) is -0.378. The maximum atomic E-state index is 12.1. The molecular formula is C17H16ClNO3. The van der Waals surface area contributed by atoms with Crippen LogP contribution in [0.3, 0.4) is 0 Å². The Bertz CT molecular complexity index is 645. The van der Waals surface area contributed by atoms with Gasteiger partial charge in [-0.3, -0.25) is 4.90 Å². The normalized spacial score (nSPS) is 18.9. The van der Waals surface area contributed by atoms with E-state index in [1.54, 1.807) is 12.0 Å². The van der Waals surface area contributed by atoms with Gasteiger partial charge in [-0.15, -0.1) is 11.6 Å². The number of rotatable bonds is 4. The van der Waals surface area contributed by atoms with Crippen molar-refractivity contribution in [2.45, 2.75) is 11.4 Å². The lowest BCUT2D eigenvalue weighted by Crippen LogP contribution is -2.36. The lowest BCUT2D eigenvalue weighted by molar-refractivity contribution is 0.178. The molecule has 114 valence electrons. The molecule has 4 nitrogen and oxygen atoms in total. The van der Waals surface area contributed by atoms with Crippen LogP contribution in [0.25, 0.3) is 0 Å². The molecule has 3 rings (SSSR count). The highest BCUT2D eigenvalue weighted by atomic mass is 35.5. The van der Waals surface area contributed by atoms with Crippen molar-refractivity contribution in [3.05, 3.63) is 60.2 Å². The summed E-state index contributed by atoms with van der Waals surface area (Å²) in [4.78, 5) is 13.7. The number of cyclic esters (lactones) is 1. The van der Waals surface area contributed by atoms with E-state index >= 15 is 0 Å². The summed E-state index contributed by atoms with van der Waals surface area (Å²) in [7, 11) is 1.60. The number of amides is 1. The van der Waals surface area contributed by atoms with Crippen molar-refractivity contribution in [3.8, 4) is 5.75 Å². The average molecular weight is 318 g/mol. The first-order valence-corrected chi connectivity index (χ1v) is 7.43. The number of hydrogen-bond acceptors (Lipinski definition) is 3. The molecule has 1 aliphatic rings. The molecule has 0 spiro atoms. The van der Waals surface area contributed by atoms with Crippen LogP contribution in [0.15, 0.2) is 54.6 Å². The van der Waals surface area contributed by atoms with Gasteiger partial charge in [0, 0.05) is 5.69 Å². The van der Waals surface area contributed by atoms with E-state index in [2.05, 4.69) is 0 Å². The number of nitrogens with zero attached hydrogens (tertiary/aromatic N) is 1. The van der Waals surface area contributed by atoms with E-state index in [-0.39, 0.29) is 24.1 Å². The minimum atomic E-state index is -0.378. The van der Waals surface area contributed by atoms with E-state index in [1.807, 2.05) is 54.6 Å². The average Bonchev–Trinajstić information content (AvgIpc) is 2.96. The molecule has 1 aliphatic heterocycles. The highest BCUT2D eigenvalue weighted by Crippen LogP contribution is 2.35. The molecule has 0 radical (unpaired) electrons. The fourth-order valence-corrected chi connectivity index (χ4v) is 2.88. The zero-order valence-electron chi connectivity index (χ0n) is 12.1. The van der Waals surface area contributed by atoms with Crippen molar-refractivity contribution in [1.29, 1.82) is 0 Å².